The molecule has 0 saturated heterocycles. The Labute approximate surface area is 49.1 Å². The number of hydrogen-bond donors (Lipinski definition) is 1. The minimum atomic E-state index is -0.759. The van der Waals surface area contributed by atoms with Crippen molar-refractivity contribution in [3.8, 4) is 0 Å². The van der Waals surface area contributed by atoms with E-state index in [1.165, 1.54) is 5.94 Å². The van der Waals surface area contributed by atoms with Crippen LogP contribution in [-0.4, -0.2) is 22.5 Å². The molecule has 0 unspecified atom stereocenters. The molecule has 8 heavy (non-hydrogen) atoms. The van der Waals surface area contributed by atoms with Gasteiger partial charge in [0.25, 0.3) is 0 Å². The monoisotopic (exact) mass is 128 g/mol. The Morgan fingerprint density at radius 2 is 2.50 bits per heavy atom. The number of nitrogens with one attached hydrogen (secondary N) is 1. The Kier molecular flexibility index (Phi) is 3.56. The van der Waals surface area contributed by atoms with Crippen molar-refractivity contribution in [2.45, 2.75) is 0 Å². The van der Waals surface area contributed by atoms with Crippen molar-refractivity contribution in [3.63, 3.8) is 0 Å². The van der Waals surface area contributed by atoms with Crippen LogP contribution in [0.3, 0.4) is 0 Å². The van der Waals surface area contributed by atoms with Crippen LogP contribution in [-0.2, 0) is 9.22 Å². The first-order valence-corrected chi connectivity index (χ1v) is 2.05. The van der Waals surface area contributed by atoms with E-state index in [9.17, 15) is 9.59 Å². The van der Waals surface area contributed by atoms with Crippen LogP contribution in [0.4, 0.5) is 4.79 Å². The summed E-state index contributed by atoms with van der Waals surface area (Å²) in [6.45, 7) is 0. The molecule has 4 nitrogen and oxygen atoms in total. The first-order valence-electron chi connectivity index (χ1n) is 1.64. The van der Waals surface area contributed by atoms with Crippen LogP contribution in [0.15, 0.2) is 6.20 Å². The summed E-state index contributed by atoms with van der Waals surface area (Å²) in [4.78, 5) is 19.3. The number of carbonyl (C=O) groups is 1. The maximum absolute atomic E-state index is 9.98. The average Bonchev–Trinajstić information content (AvgIpc) is 1.83. The van der Waals surface area contributed by atoms with Gasteiger partial charge in [0, 0.05) is 0 Å². The first kappa shape index (κ1) is 6.94. The molecule has 0 aromatic carbocycles. The third-order valence-corrected chi connectivity index (χ3v) is 0.527. The van der Waals surface area contributed by atoms with Gasteiger partial charge in [-0.15, -0.1) is 0 Å². The zero-order valence-electron chi connectivity index (χ0n) is 3.80. The van der Waals surface area contributed by atoms with Gasteiger partial charge in [-0.1, -0.05) is 0 Å². The normalized spacial score (nSPS) is 6.62. The number of amides is 1. The van der Waals surface area contributed by atoms with Crippen molar-refractivity contribution < 1.29 is 14.0 Å². The lowest BCUT2D eigenvalue weighted by atomic mass is 10.9. The molecule has 0 atom stereocenters. The van der Waals surface area contributed by atoms with Crippen molar-refractivity contribution >= 4 is 22.5 Å². The second-order valence-corrected chi connectivity index (χ2v) is 1.00. The predicted molar refractivity (Wildman–Crippen MR) is 25.6 cm³/mol. The molecule has 3 radical (unpaired) electrons. The third-order valence-electron chi connectivity index (χ3n) is 0.342. The lowest BCUT2D eigenvalue weighted by Gasteiger charge is -1.91. The van der Waals surface area contributed by atoms with Crippen molar-refractivity contribution in [3.05, 3.63) is 6.20 Å². The summed E-state index contributed by atoms with van der Waals surface area (Å²) in [5.74, 6) is 1.32. The molecule has 0 aromatic rings. The topological polar surface area (TPSA) is 55.4 Å². The predicted octanol–water partition coefficient (Wildman–Crippen LogP) is -0.859. The highest BCUT2D eigenvalue weighted by molar-refractivity contribution is 6.05. The molecular formula is C3H2NO3Si. The van der Waals surface area contributed by atoms with Crippen molar-refractivity contribution in [1.29, 1.82) is 0 Å². The smallest absolute Gasteiger partial charge is 0.397 e. The van der Waals surface area contributed by atoms with Gasteiger partial charge >= 0.3 is 16.6 Å². The molecule has 0 aliphatic carbocycles. The van der Waals surface area contributed by atoms with Gasteiger partial charge in [-0.3, -0.25) is 5.32 Å². The van der Waals surface area contributed by atoms with E-state index in [0.29, 0.717) is 0 Å². The molecule has 0 heterocycles. The molecular weight excluding hydrogens is 126 g/mol. The van der Waals surface area contributed by atoms with Crippen LogP contribution >= 0.6 is 0 Å². The van der Waals surface area contributed by atoms with Gasteiger partial charge in [0.2, 0.25) is 0 Å². The lowest BCUT2D eigenvalue weighted by molar-refractivity contribution is 0.208. The summed E-state index contributed by atoms with van der Waals surface area (Å²) in [7, 11) is 2.43. The van der Waals surface area contributed by atoms with E-state index in [2.05, 4.69) is 14.9 Å². The Balaban J connectivity index is 3.39. The summed E-state index contributed by atoms with van der Waals surface area (Å²) in [6, 6.07) is 0. The van der Waals surface area contributed by atoms with E-state index in [-0.39, 0.29) is 0 Å². The highest BCUT2D eigenvalue weighted by Gasteiger charge is 1.89. The zero-order chi connectivity index (χ0) is 6.41. The van der Waals surface area contributed by atoms with Crippen molar-refractivity contribution in [2.24, 2.45) is 0 Å². The molecule has 0 spiro atoms. The summed E-state index contributed by atoms with van der Waals surface area (Å²) < 4.78 is 3.90. The second kappa shape index (κ2) is 4.11. The van der Waals surface area contributed by atoms with Gasteiger partial charge in [-0.05, 0) is 0 Å². The molecule has 0 bridgehead atoms. The summed E-state index contributed by atoms with van der Waals surface area (Å²) in [6.07, 6.45) is 0.0349. The van der Waals surface area contributed by atoms with Crippen LogP contribution < -0.4 is 5.32 Å². The molecule has 0 aliphatic heterocycles. The SMILES string of the molecule is O=C=CNC(=O)O[Si]. The highest BCUT2D eigenvalue weighted by atomic mass is 28.2. The minimum Gasteiger partial charge on any atom is -0.500 e. The Morgan fingerprint density at radius 3 is 2.88 bits per heavy atom. The van der Waals surface area contributed by atoms with E-state index in [0.717, 1.165) is 6.20 Å². The average molecular weight is 128 g/mol. The van der Waals surface area contributed by atoms with Crippen molar-refractivity contribution in [1.82, 2.24) is 5.32 Å². The quantitative estimate of drug-likeness (QED) is 0.369. The minimum absolute atomic E-state index is 0.759. The van der Waals surface area contributed by atoms with Gasteiger partial charge < -0.3 is 4.43 Å². The van der Waals surface area contributed by atoms with Crippen LogP contribution in [0.5, 0.6) is 0 Å². The lowest BCUT2D eigenvalue weighted by Crippen LogP contribution is -2.16. The highest BCUT2D eigenvalue weighted by Crippen LogP contribution is 1.64. The first-order chi connectivity index (χ1) is 3.81. The maximum Gasteiger partial charge on any atom is 0.397 e. The molecule has 0 aliphatic rings. The van der Waals surface area contributed by atoms with E-state index in [4.69, 9.17) is 0 Å². The number of hydrogen-bond acceptors (Lipinski definition) is 3. The molecule has 0 rings (SSSR count). The number of rotatable bonds is 1. The Hall–Kier alpha value is -1.06. The molecule has 1 N–H and O–H groups in total. The Morgan fingerprint density at radius 1 is 1.88 bits per heavy atom. The molecule has 0 saturated carbocycles. The van der Waals surface area contributed by atoms with Gasteiger partial charge in [-0.25, -0.2) is 9.59 Å². The molecule has 5 heteroatoms. The van der Waals surface area contributed by atoms with Gasteiger partial charge in [0.05, 0.1) is 6.20 Å². The van der Waals surface area contributed by atoms with E-state index in [1.54, 1.807) is 0 Å². The van der Waals surface area contributed by atoms with Gasteiger partial charge in [0.15, 0.2) is 0 Å². The van der Waals surface area contributed by atoms with Crippen LogP contribution in [0.2, 0.25) is 0 Å². The number of carbonyl (C=O) groups excluding carboxylic acids is 2. The molecule has 0 fully saturated rings. The fraction of sp³-hybridized carbons (Fsp3) is 0. The van der Waals surface area contributed by atoms with Crippen LogP contribution in [0.25, 0.3) is 0 Å². The molecule has 0 aromatic heterocycles. The summed E-state index contributed by atoms with van der Waals surface area (Å²) in [5.41, 5.74) is 0. The fourth-order valence-corrected chi connectivity index (χ4v) is 0.177. The van der Waals surface area contributed by atoms with E-state index < -0.39 is 6.09 Å². The van der Waals surface area contributed by atoms with E-state index in [1.807, 2.05) is 5.32 Å². The van der Waals surface area contributed by atoms with Gasteiger partial charge in [0.1, 0.15) is 5.94 Å². The van der Waals surface area contributed by atoms with Gasteiger partial charge in [-0.2, -0.15) is 0 Å². The Bertz CT molecular complexity index is 128. The zero-order valence-corrected chi connectivity index (χ0v) is 4.80. The summed E-state index contributed by atoms with van der Waals surface area (Å²) in [5, 5.41) is 1.92. The molecule has 1 amide bonds. The molecule has 41 valence electrons. The maximum atomic E-state index is 9.98. The third kappa shape index (κ3) is 3.14. The summed E-state index contributed by atoms with van der Waals surface area (Å²) >= 11 is 0. The fourth-order valence-electron chi connectivity index (χ4n) is 0.118. The second-order valence-electron chi connectivity index (χ2n) is 0.796. The van der Waals surface area contributed by atoms with E-state index >= 15 is 0 Å². The van der Waals surface area contributed by atoms with Crippen molar-refractivity contribution in [2.75, 3.05) is 0 Å². The largest absolute Gasteiger partial charge is 0.500 e. The van der Waals surface area contributed by atoms with Crippen LogP contribution in [0.1, 0.15) is 0 Å². The standard InChI is InChI=1S/C3H2NO3Si/c5-2-1-4-3(6)7-8/h1H,(H,4,6). The van der Waals surface area contributed by atoms with Crippen LogP contribution in [0, 0.1) is 0 Å².